The van der Waals surface area contributed by atoms with Gasteiger partial charge in [-0.05, 0) is 35.9 Å². The van der Waals surface area contributed by atoms with Crippen LogP contribution >= 0.6 is 0 Å². The molecule has 0 atom stereocenters. The summed E-state index contributed by atoms with van der Waals surface area (Å²) in [6.07, 6.45) is 3.16. The summed E-state index contributed by atoms with van der Waals surface area (Å²) in [6.45, 7) is 2.05. The molecule has 0 spiro atoms. The summed E-state index contributed by atoms with van der Waals surface area (Å²) in [4.78, 5) is 28.1. The van der Waals surface area contributed by atoms with Crippen LogP contribution < -0.4 is 0 Å². The molecule has 1 aliphatic rings. The Balaban J connectivity index is 1.54. The Labute approximate surface area is 146 Å². The van der Waals surface area contributed by atoms with Crippen molar-refractivity contribution < 1.29 is 14.0 Å². The van der Waals surface area contributed by atoms with E-state index in [1.807, 2.05) is 18.2 Å². The Morgan fingerprint density at radius 2 is 1.44 bits per heavy atom. The zero-order valence-electron chi connectivity index (χ0n) is 13.8. The molecule has 0 N–H and O–H groups in total. The molecule has 128 valence electrons. The zero-order valence-corrected chi connectivity index (χ0v) is 13.8. The van der Waals surface area contributed by atoms with Crippen LogP contribution in [0.1, 0.15) is 15.9 Å². The molecule has 0 saturated carbocycles. The fourth-order valence-electron chi connectivity index (χ4n) is 2.74. The highest BCUT2D eigenvalue weighted by molar-refractivity contribution is 5.95. The molecular weight excluding hydrogens is 319 g/mol. The van der Waals surface area contributed by atoms with Gasteiger partial charge in [0.2, 0.25) is 5.91 Å². The molecule has 4 nitrogen and oxygen atoms in total. The van der Waals surface area contributed by atoms with Gasteiger partial charge in [-0.15, -0.1) is 0 Å². The fraction of sp³-hybridized carbons (Fsp3) is 0.200. The molecule has 2 amide bonds. The monoisotopic (exact) mass is 338 g/mol. The van der Waals surface area contributed by atoms with Crippen molar-refractivity contribution in [1.82, 2.24) is 9.80 Å². The number of amides is 2. The van der Waals surface area contributed by atoms with Gasteiger partial charge >= 0.3 is 0 Å². The maximum absolute atomic E-state index is 12.9. The Bertz CT molecular complexity index is 764. The van der Waals surface area contributed by atoms with Gasteiger partial charge in [-0.25, -0.2) is 4.39 Å². The maximum atomic E-state index is 12.9. The predicted molar refractivity (Wildman–Crippen MR) is 94.4 cm³/mol. The molecule has 2 aromatic carbocycles. The number of hydrogen-bond acceptors (Lipinski definition) is 2. The third-order valence-corrected chi connectivity index (χ3v) is 4.19. The summed E-state index contributed by atoms with van der Waals surface area (Å²) in [5.41, 5.74) is 1.44. The van der Waals surface area contributed by atoms with Crippen molar-refractivity contribution in [2.24, 2.45) is 0 Å². The molecule has 0 bridgehead atoms. The van der Waals surface area contributed by atoms with E-state index in [1.165, 1.54) is 18.2 Å². The topological polar surface area (TPSA) is 40.6 Å². The number of piperazine rings is 1. The van der Waals surface area contributed by atoms with Gasteiger partial charge in [-0.1, -0.05) is 30.3 Å². The number of benzene rings is 2. The van der Waals surface area contributed by atoms with Gasteiger partial charge in [0.1, 0.15) is 5.82 Å². The van der Waals surface area contributed by atoms with Crippen molar-refractivity contribution in [2.45, 2.75) is 0 Å². The molecule has 0 aliphatic carbocycles. The third-order valence-electron chi connectivity index (χ3n) is 4.19. The molecular formula is C20H19FN2O2. The molecule has 3 rings (SSSR count). The third kappa shape index (κ3) is 4.32. The Hall–Kier alpha value is -2.95. The van der Waals surface area contributed by atoms with Crippen LogP contribution in [0.25, 0.3) is 6.08 Å². The number of carbonyl (C=O) groups excluding carboxylic acids is 2. The highest BCUT2D eigenvalue weighted by Crippen LogP contribution is 2.10. The molecule has 25 heavy (non-hydrogen) atoms. The first-order valence-corrected chi connectivity index (χ1v) is 8.20. The first-order valence-electron chi connectivity index (χ1n) is 8.20. The van der Waals surface area contributed by atoms with Gasteiger partial charge in [-0.3, -0.25) is 9.59 Å². The quantitative estimate of drug-likeness (QED) is 0.808. The summed E-state index contributed by atoms with van der Waals surface area (Å²) in [6, 6.07) is 15.1. The van der Waals surface area contributed by atoms with Crippen molar-refractivity contribution in [3.63, 3.8) is 0 Å². The van der Waals surface area contributed by atoms with Crippen molar-refractivity contribution >= 4 is 17.9 Å². The first-order chi connectivity index (χ1) is 12.1. The smallest absolute Gasteiger partial charge is 0.253 e. The molecule has 5 heteroatoms. The Morgan fingerprint density at radius 3 is 2.08 bits per heavy atom. The number of halogens is 1. The maximum Gasteiger partial charge on any atom is 0.253 e. The van der Waals surface area contributed by atoms with Crippen LogP contribution in [0.2, 0.25) is 0 Å². The predicted octanol–water partition coefficient (Wildman–Crippen LogP) is 2.82. The van der Waals surface area contributed by atoms with E-state index in [0.717, 1.165) is 5.56 Å². The lowest BCUT2D eigenvalue weighted by molar-refractivity contribution is -0.127. The largest absolute Gasteiger partial charge is 0.336 e. The van der Waals surface area contributed by atoms with Crippen molar-refractivity contribution in [3.05, 3.63) is 77.6 Å². The van der Waals surface area contributed by atoms with Crippen LogP contribution in [0, 0.1) is 5.82 Å². The Kier molecular flexibility index (Phi) is 5.23. The lowest BCUT2D eigenvalue weighted by atomic mass is 10.1. The first kappa shape index (κ1) is 16.9. The van der Waals surface area contributed by atoms with E-state index < -0.39 is 0 Å². The van der Waals surface area contributed by atoms with Gasteiger partial charge in [0.05, 0.1) is 0 Å². The molecule has 1 heterocycles. The van der Waals surface area contributed by atoms with Crippen LogP contribution in [0.3, 0.4) is 0 Å². The van der Waals surface area contributed by atoms with Crippen molar-refractivity contribution in [1.29, 1.82) is 0 Å². The van der Waals surface area contributed by atoms with Crippen LogP contribution in [0.4, 0.5) is 4.39 Å². The highest BCUT2D eigenvalue weighted by Gasteiger charge is 2.23. The average Bonchev–Trinajstić information content (AvgIpc) is 2.67. The van der Waals surface area contributed by atoms with E-state index in [9.17, 15) is 14.0 Å². The Morgan fingerprint density at radius 1 is 0.840 bits per heavy atom. The summed E-state index contributed by atoms with van der Waals surface area (Å²) in [5.74, 6) is -0.409. The second kappa shape index (κ2) is 7.75. The van der Waals surface area contributed by atoms with Crippen LogP contribution in [0.5, 0.6) is 0 Å². The summed E-state index contributed by atoms with van der Waals surface area (Å²) in [5, 5.41) is 0. The van der Waals surface area contributed by atoms with Crippen LogP contribution in [-0.4, -0.2) is 47.8 Å². The van der Waals surface area contributed by atoms with Gasteiger partial charge < -0.3 is 9.80 Å². The van der Waals surface area contributed by atoms with Crippen LogP contribution in [-0.2, 0) is 4.79 Å². The van der Waals surface area contributed by atoms with Gasteiger partial charge in [0.15, 0.2) is 0 Å². The summed E-state index contributed by atoms with van der Waals surface area (Å²) >= 11 is 0. The minimum atomic E-state index is -0.303. The standard InChI is InChI=1S/C20H19FN2O2/c21-18-9-6-16(7-10-18)8-11-19(24)22-12-14-23(15-13-22)20(25)17-4-2-1-3-5-17/h1-11H,12-15H2/b11-8-. The molecule has 1 aliphatic heterocycles. The van der Waals surface area contributed by atoms with Gasteiger partial charge in [0.25, 0.3) is 5.91 Å². The van der Waals surface area contributed by atoms with Gasteiger partial charge in [-0.2, -0.15) is 0 Å². The minimum Gasteiger partial charge on any atom is -0.336 e. The van der Waals surface area contributed by atoms with Crippen molar-refractivity contribution in [2.75, 3.05) is 26.2 Å². The van der Waals surface area contributed by atoms with E-state index in [-0.39, 0.29) is 17.6 Å². The van der Waals surface area contributed by atoms with Gasteiger partial charge in [0, 0.05) is 37.8 Å². The lowest BCUT2D eigenvalue weighted by Crippen LogP contribution is -2.50. The number of rotatable bonds is 3. The number of hydrogen-bond donors (Lipinski definition) is 0. The average molecular weight is 338 g/mol. The SMILES string of the molecule is O=C(/C=C\c1ccc(F)cc1)N1CCN(C(=O)c2ccccc2)CC1. The molecule has 1 saturated heterocycles. The zero-order chi connectivity index (χ0) is 17.6. The molecule has 2 aromatic rings. The number of carbonyl (C=O) groups is 2. The normalized spacial score (nSPS) is 14.8. The molecule has 0 unspecified atom stereocenters. The molecule has 1 fully saturated rings. The second-order valence-electron chi connectivity index (χ2n) is 5.87. The number of nitrogens with zero attached hydrogens (tertiary/aromatic N) is 2. The van der Waals surface area contributed by atoms with E-state index in [0.29, 0.717) is 31.7 Å². The van der Waals surface area contributed by atoms with Crippen molar-refractivity contribution in [3.8, 4) is 0 Å². The molecule has 0 radical (unpaired) electrons. The summed E-state index contributed by atoms with van der Waals surface area (Å²) < 4.78 is 12.9. The van der Waals surface area contributed by atoms with E-state index in [1.54, 1.807) is 40.1 Å². The second-order valence-corrected chi connectivity index (χ2v) is 5.87. The lowest BCUT2D eigenvalue weighted by Gasteiger charge is -2.34. The minimum absolute atomic E-state index is 0.00504. The highest BCUT2D eigenvalue weighted by atomic mass is 19.1. The van der Waals surface area contributed by atoms with Crippen LogP contribution in [0.15, 0.2) is 60.7 Å². The fourth-order valence-corrected chi connectivity index (χ4v) is 2.74. The molecule has 0 aromatic heterocycles. The van der Waals surface area contributed by atoms with E-state index in [4.69, 9.17) is 0 Å². The summed E-state index contributed by atoms with van der Waals surface area (Å²) in [7, 11) is 0. The van der Waals surface area contributed by atoms with E-state index in [2.05, 4.69) is 0 Å². The van der Waals surface area contributed by atoms with E-state index >= 15 is 0 Å².